The van der Waals surface area contributed by atoms with Crippen LogP contribution in [0.3, 0.4) is 0 Å². The van der Waals surface area contributed by atoms with Gasteiger partial charge >= 0.3 is 0 Å². The summed E-state index contributed by atoms with van der Waals surface area (Å²) in [6, 6.07) is 12.5. The second kappa shape index (κ2) is 10.7. The van der Waals surface area contributed by atoms with Gasteiger partial charge in [-0.25, -0.2) is 4.39 Å². The van der Waals surface area contributed by atoms with Crippen LogP contribution in [0.5, 0.6) is 0 Å². The average molecular weight is 536 g/mol. The number of hydrogen-bond acceptors (Lipinski definition) is 5. The smallest absolute Gasteiger partial charge is 0.276 e. The summed E-state index contributed by atoms with van der Waals surface area (Å²) in [6.07, 6.45) is 4.18. The monoisotopic (exact) mass is 536 g/mol. The minimum atomic E-state index is -0.182. The quantitative estimate of drug-likeness (QED) is 0.259. The van der Waals surface area contributed by atoms with Gasteiger partial charge in [0.15, 0.2) is 11.8 Å². The van der Waals surface area contributed by atoms with Gasteiger partial charge in [0.2, 0.25) is 0 Å². The summed E-state index contributed by atoms with van der Waals surface area (Å²) in [4.78, 5) is 13.3. The van der Waals surface area contributed by atoms with E-state index in [1.54, 1.807) is 12.3 Å². The fourth-order valence-corrected chi connectivity index (χ4v) is 3.37. The summed E-state index contributed by atoms with van der Waals surface area (Å²) in [5.41, 5.74) is 1.24. The average Bonchev–Trinajstić information content (AvgIpc) is 3.41. The van der Waals surface area contributed by atoms with E-state index >= 15 is 0 Å². The molecule has 0 radical (unpaired) electrons. The summed E-state index contributed by atoms with van der Waals surface area (Å²) in [7, 11) is 0. The van der Waals surface area contributed by atoms with Crippen LogP contribution in [0.15, 0.2) is 58.2 Å². The number of guanidine groups is 1. The molecule has 1 fully saturated rings. The molecule has 0 bridgehead atoms. The van der Waals surface area contributed by atoms with Crippen LogP contribution in [0.1, 0.15) is 31.2 Å². The molecule has 0 saturated heterocycles. The van der Waals surface area contributed by atoms with Crippen molar-refractivity contribution in [2.24, 2.45) is 4.99 Å². The second-order valence-electron chi connectivity index (χ2n) is 7.36. The number of pyridine rings is 1. The Balaban J connectivity index is 0.00000272. The van der Waals surface area contributed by atoms with E-state index < -0.39 is 0 Å². The molecule has 1 aliphatic carbocycles. The van der Waals surface area contributed by atoms with Gasteiger partial charge < -0.3 is 15.2 Å². The molecule has 1 aromatic carbocycles. The van der Waals surface area contributed by atoms with Gasteiger partial charge in [0.25, 0.3) is 5.89 Å². The first-order chi connectivity index (χ1) is 14.7. The zero-order valence-electron chi connectivity index (χ0n) is 17.3. The summed E-state index contributed by atoms with van der Waals surface area (Å²) in [5.74, 6) is 1.56. The van der Waals surface area contributed by atoms with Crippen LogP contribution < -0.4 is 10.6 Å². The molecular formula is C22H26FIN6O. The molecule has 7 nitrogen and oxygen atoms in total. The molecular weight excluding hydrogens is 510 g/mol. The van der Waals surface area contributed by atoms with Crippen molar-refractivity contribution in [3.8, 4) is 11.6 Å². The summed E-state index contributed by atoms with van der Waals surface area (Å²) in [5, 5.41) is 10.5. The van der Waals surface area contributed by atoms with Crippen LogP contribution in [0.4, 0.5) is 4.39 Å². The van der Waals surface area contributed by atoms with Crippen molar-refractivity contribution in [3.63, 3.8) is 0 Å². The Bertz CT molecular complexity index is 1010. The van der Waals surface area contributed by atoms with Crippen LogP contribution in [0, 0.1) is 5.82 Å². The van der Waals surface area contributed by atoms with Crippen molar-refractivity contribution in [2.75, 3.05) is 19.6 Å². The highest BCUT2D eigenvalue weighted by molar-refractivity contribution is 14.0. The van der Waals surface area contributed by atoms with Crippen LogP contribution >= 0.6 is 24.0 Å². The first-order valence-corrected chi connectivity index (χ1v) is 10.2. The molecule has 9 heteroatoms. The number of aliphatic imine (C=N–C) groups is 1. The Morgan fingerprint density at radius 1 is 1.16 bits per heavy atom. The van der Waals surface area contributed by atoms with Crippen molar-refractivity contribution in [1.82, 2.24) is 25.8 Å². The first kappa shape index (κ1) is 23.1. The molecule has 1 saturated carbocycles. The predicted molar refractivity (Wildman–Crippen MR) is 128 cm³/mol. The van der Waals surface area contributed by atoms with Gasteiger partial charge in [-0.3, -0.25) is 9.98 Å². The molecule has 1 aliphatic rings. The van der Waals surface area contributed by atoms with Crippen molar-refractivity contribution < 1.29 is 8.91 Å². The second-order valence-corrected chi connectivity index (χ2v) is 7.36. The van der Waals surface area contributed by atoms with Crippen LogP contribution in [0.2, 0.25) is 0 Å². The lowest BCUT2D eigenvalue weighted by Gasteiger charge is -2.16. The van der Waals surface area contributed by atoms with Crippen LogP contribution in [-0.4, -0.2) is 40.7 Å². The maximum atomic E-state index is 14.2. The van der Waals surface area contributed by atoms with Gasteiger partial charge in [-0.15, -0.1) is 24.0 Å². The molecule has 0 amide bonds. The number of aromatic nitrogens is 3. The molecule has 0 unspecified atom stereocenters. The Labute approximate surface area is 198 Å². The third kappa shape index (κ3) is 5.78. The maximum absolute atomic E-state index is 14.2. The number of hydrogen-bond donors (Lipinski definition) is 2. The first-order valence-electron chi connectivity index (χ1n) is 10.2. The van der Waals surface area contributed by atoms with Crippen molar-refractivity contribution in [1.29, 1.82) is 0 Å². The topological polar surface area (TPSA) is 88.2 Å². The van der Waals surface area contributed by atoms with Gasteiger partial charge in [-0.1, -0.05) is 29.4 Å². The highest BCUT2D eigenvalue weighted by Crippen LogP contribution is 2.49. The third-order valence-corrected chi connectivity index (χ3v) is 5.18. The van der Waals surface area contributed by atoms with Gasteiger partial charge in [0.1, 0.15) is 11.5 Å². The lowest BCUT2D eigenvalue weighted by Crippen LogP contribution is -2.39. The number of benzene rings is 1. The highest BCUT2D eigenvalue weighted by atomic mass is 127. The van der Waals surface area contributed by atoms with E-state index in [1.807, 2.05) is 37.3 Å². The highest BCUT2D eigenvalue weighted by Gasteiger charge is 2.45. The molecule has 3 aromatic rings. The van der Waals surface area contributed by atoms with E-state index in [9.17, 15) is 4.39 Å². The fourth-order valence-electron chi connectivity index (χ4n) is 3.37. The normalized spacial score (nSPS) is 14.6. The molecule has 2 aromatic heterocycles. The number of halogens is 2. The molecule has 0 atom stereocenters. The Morgan fingerprint density at radius 3 is 2.68 bits per heavy atom. The van der Waals surface area contributed by atoms with E-state index in [1.165, 1.54) is 6.07 Å². The van der Waals surface area contributed by atoms with Crippen LogP contribution in [0.25, 0.3) is 11.6 Å². The van der Waals surface area contributed by atoms with Crippen LogP contribution in [-0.2, 0) is 11.8 Å². The largest absolute Gasteiger partial charge is 0.357 e. The van der Waals surface area contributed by atoms with Gasteiger partial charge in [-0.2, -0.15) is 4.98 Å². The number of rotatable bonds is 8. The van der Waals surface area contributed by atoms with Gasteiger partial charge in [0, 0.05) is 31.1 Å². The molecule has 164 valence electrons. The summed E-state index contributed by atoms with van der Waals surface area (Å²) in [6.45, 7) is 3.90. The standard InChI is InChI=1S/C22H25FN6O.HI/c1-2-24-21(27-15-22(11-12-22)16-7-3-4-8-17(16)23)26-14-10-19-28-20(30-29-19)18-9-5-6-13-25-18;/h3-9,13H,2,10-12,14-15H2,1H3,(H2,24,26,27);1H. The maximum Gasteiger partial charge on any atom is 0.276 e. The Morgan fingerprint density at radius 2 is 1.97 bits per heavy atom. The molecule has 0 spiro atoms. The minimum Gasteiger partial charge on any atom is -0.357 e. The lowest BCUT2D eigenvalue weighted by molar-refractivity contribution is 0.421. The molecule has 31 heavy (non-hydrogen) atoms. The fraction of sp³-hybridized carbons (Fsp3) is 0.364. The van der Waals surface area contributed by atoms with Crippen molar-refractivity contribution in [2.45, 2.75) is 31.6 Å². The third-order valence-electron chi connectivity index (χ3n) is 5.18. The van der Waals surface area contributed by atoms with E-state index in [0.29, 0.717) is 42.9 Å². The predicted octanol–water partition coefficient (Wildman–Crippen LogP) is 3.72. The zero-order valence-corrected chi connectivity index (χ0v) is 19.7. The van der Waals surface area contributed by atoms with E-state index in [4.69, 9.17) is 9.52 Å². The number of nitrogens with zero attached hydrogens (tertiary/aromatic N) is 4. The zero-order chi connectivity index (χ0) is 20.8. The SMILES string of the molecule is CCNC(=NCC1(c2ccccc2F)CC1)NCCc1noc(-c2ccccn2)n1.I. The van der Waals surface area contributed by atoms with E-state index in [0.717, 1.165) is 24.9 Å². The van der Waals surface area contributed by atoms with Gasteiger partial charge in [-0.05, 0) is 43.5 Å². The van der Waals surface area contributed by atoms with Crippen molar-refractivity contribution >= 4 is 29.9 Å². The summed E-state index contributed by atoms with van der Waals surface area (Å²) >= 11 is 0. The van der Waals surface area contributed by atoms with E-state index in [2.05, 4.69) is 25.8 Å². The van der Waals surface area contributed by atoms with Crippen molar-refractivity contribution in [3.05, 3.63) is 65.9 Å². The molecule has 0 aliphatic heterocycles. The molecule has 2 N–H and O–H groups in total. The molecule has 4 rings (SSSR count). The lowest BCUT2D eigenvalue weighted by atomic mass is 9.95. The summed E-state index contributed by atoms with van der Waals surface area (Å²) < 4.78 is 19.5. The van der Waals surface area contributed by atoms with E-state index in [-0.39, 0.29) is 35.2 Å². The molecule has 2 heterocycles. The number of nitrogens with one attached hydrogen (secondary N) is 2. The van der Waals surface area contributed by atoms with Gasteiger partial charge in [0.05, 0.1) is 6.54 Å². The Kier molecular flexibility index (Phi) is 7.94. The minimum absolute atomic E-state index is 0. The Hall–Kier alpha value is -2.56.